The molecule has 0 spiro atoms. The van der Waals surface area contributed by atoms with Crippen LogP contribution in [0.5, 0.6) is 0 Å². The first-order chi connectivity index (χ1) is 3.43. The summed E-state index contributed by atoms with van der Waals surface area (Å²) in [7, 11) is 0.0849. The second-order valence-corrected chi connectivity index (χ2v) is 4.06. The van der Waals surface area contributed by atoms with Gasteiger partial charge < -0.3 is 0 Å². The van der Waals surface area contributed by atoms with Crippen molar-refractivity contribution < 1.29 is 0 Å². The minimum absolute atomic E-state index is 0.0849. The maximum absolute atomic E-state index is 5.21. The molecule has 0 saturated carbocycles. The summed E-state index contributed by atoms with van der Waals surface area (Å²) in [5.74, 6) is 0. The zero-order chi connectivity index (χ0) is 5.11. The van der Waals surface area contributed by atoms with Gasteiger partial charge in [0.2, 0.25) is 0 Å². The maximum atomic E-state index is 5.21. The van der Waals surface area contributed by atoms with Crippen LogP contribution in [0.25, 0.3) is 0 Å². The van der Waals surface area contributed by atoms with E-state index in [1.165, 1.54) is 25.2 Å². The SMILES string of the molecule is C#CP1CCCC1. The van der Waals surface area contributed by atoms with Crippen molar-refractivity contribution in [1.29, 1.82) is 0 Å². The van der Waals surface area contributed by atoms with Crippen LogP contribution in [0, 0.1) is 12.1 Å². The molecule has 0 amide bonds. The van der Waals surface area contributed by atoms with Gasteiger partial charge in [-0.3, -0.25) is 0 Å². The monoisotopic (exact) mass is 112 g/mol. The Balaban J connectivity index is 2.31. The van der Waals surface area contributed by atoms with Crippen LogP contribution in [0.1, 0.15) is 12.8 Å². The van der Waals surface area contributed by atoms with Gasteiger partial charge in [0, 0.05) is 0 Å². The van der Waals surface area contributed by atoms with Crippen molar-refractivity contribution >= 4 is 7.92 Å². The fourth-order valence-corrected chi connectivity index (χ4v) is 2.54. The van der Waals surface area contributed by atoms with Crippen molar-refractivity contribution in [2.24, 2.45) is 0 Å². The lowest BCUT2D eigenvalue weighted by Gasteiger charge is -1.92. The Morgan fingerprint density at radius 2 is 1.86 bits per heavy atom. The molecular formula is C6H9P. The Labute approximate surface area is 46.1 Å². The van der Waals surface area contributed by atoms with E-state index in [1.807, 2.05) is 0 Å². The Hall–Kier alpha value is -0.0100. The van der Waals surface area contributed by atoms with Crippen LogP contribution in [0.3, 0.4) is 0 Å². The first-order valence-corrected chi connectivity index (χ1v) is 4.36. The molecule has 0 aromatic carbocycles. The topological polar surface area (TPSA) is 0 Å². The fourth-order valence-electron chi connectivity index (χ4n) is 0.846. The first kappa shape index (κ1) is 5.13. The van der Waals surface area contributed by atoms with Gasteiger partial charge >= 0.3 is 0 Å². The normalized spacial score (nSPS) is 22.1. The quantitative estimate of drug-likeness (QED) is 0.331. The van der Waals surface area contributed by atoms with Gasteiger partial charge in [-0.15, -0.1) is 6.42 Å². The predicted molar refractivity (Wildman–Crippen MR) is 34.7 cm³/mol. The number of rotatable bonds is 0. The Kier molecular flexibility index (Phi) is 1.71. The summed E-state index contributed by atoms with van der Waals surface area (Å²) in [4.78, 5) is 0. The van der Waals surface area contributed by atoms with Crippen LogP contribution in [-0.2, 0) is 0 Å². The molecule has 1 rings (SSSR count). The zero-order valence-corrected chi connectivity index (χ0v) is 5.25. The van der Waals surface area contributed by atoms with Crippen molar-refractivity contribution in [3.8, 4) is 12.1 Å². The van der Waals surface area contributed by atoms with E-state index in [0.717, 1.165) is 0 Å². The van der Waals surface area contributed by atoms with Crippen molar-refractivity contribution in [3.63, 3.8) is 0 Å². The molecule has 1 saturated heterocycles. The average Bonchev–Trinajstić information content (AvgIpc) is 2.14. The molecular weight excluding hydrogens is 103 g/mol. The highest BCUT2D eigenvalue weighted by Gasteiger charge is 2.09. The van der Waals surface area contributed by atoms with Gasteiger partial charge in [-0.1, -0.05) is 5.66 Å². The van der Waals surface area contributed by atoms with Gasteiger partial charge in [0.05, 0.1) is 0 Å². The van der Waals surface area contributed by atoms with Gasteiger partial charge in [0.25, 0.3) is 0 Å². The molecule has 0 atom stereocenters. The van der Waals surface area contributed by atoms with Crippen LogP contribution >= 0.6 is 7.92 Å². The minimum Gasteiger partial charge on any atom is -0.115 e. The summed E-state index contributed by atoms with van der Waals surface area (Å²) in [6.45, 7) is 0. The van der Waals surface area contributed by atoms with Crippen LogP contribution in [0.2, 0.25) is 0 Å². The Morgan fingerprint density at radius 1 is 1.29 bits per heavy atom. The number of terminal acetylenes is 1. The highest BCUT2D eigenvalue weighted by atomic mass is 31.1. The molecule has 1 fully saturated rings. The lowest BCUT2D eigenvalue weighted by atomic mass is 10.4. The van der Waals surface area contributed by atoms with Gasteiger partial charge in [0.15, 0.2) is 0 Å². The molecule has 0 aliphatic carbocycles. The van der Waals surface area contributed by atoms with Crippen molar-refractivity contribution in [2.45, 2.75) is 12.8 Å². The van der Waals surface area contributed by atoms with E-state index in [4.69, 9.17) is 6.42 Å². The molecule has 38 valence electrons. The highest BCUT2D eigenvalue weighted by molar-refractivity contribution is 7.63. The maximum Gasteiger partial charge on any atom is -0.0214 e. The average molecular weight is 112 g/mol. The molecule has 1 aliphatic rings. The van der Waals surface area contributed by atoms with Crippen LogP contribution in [-0.4, -0.2) is 12.3 Å². The molecule has 0 unspecified atom stereocenters. The van der Waals surface area contributed by atoms with Crippen LogP contribution in [0.4, 0.5) is 0 Å². The molecule has 1 heterocycles. The van der Waals surface area contributed by atoms with Gasteiger partial charge in [-0.2, -0.15) is 0 Å². The van der Waals surface area contributed by atoms with Crippen molar-refractivity contribution in [2.75, 3.05) is 12.3 Å². The fraction of sp³-hybridized carbons (Fsp3) is 0.667. The summed E-state index contributed by atoms with van der Waals surface area (Å²) in [5.41, 5.74) is 2.83. The van der Waals surface area contributed by atoms with Crippen molar-refractivity contribution in [1.82, 2.24) is 0 Å². The first-order valence-electron chi connectivity index (χ1n) is 2.64. The lowest BCUT2D eigenvalue weighted by Crippen LogP contribution is -1.65. The van der Waals surface area contributed by atoms with E-state index in [9.17, 15) is 0 Å². The minimum atomic E-state index is 0.0849. The van der Waals surface area contributed by atoms with Gasteiger partial charge in [-0.25, -0.2) is 0 Å². The molecule has 0 aromatic heterocycles. The predicted octanol–water partition coefficient (Wildman–Crippen LogP) is 1.85. The van der Waals surface area contributed by atoms with Gasteiger partial charge in [0.1, 0.15) is 0 Å². The molecule has 0 nitrogen and oxygen atoms in total. The van der Waals surface area contributed by atoms with Gasteiger partial charge in [-0.05, 0) is 33.1 Å². The van der Waals surface area contributed by atoms with Crippen molar-refractivity contribution in [3.05, 3.63) is 0 Å². The second-order valence-electron chi connectivity index (χ2n) is 1.82. The third kappa shape index (κ3) is 1.18. The summed E-state index contributed by atoms with van der Waals surface area (Å²) >= 11 is 0. The molecule has 0 N–H and O–H groups in total. The number of hydrogen-bond acceptors (Lipinski definition) is 0. The molecule has 1 aliphatic heterocycles. The van der Waals surface area contributed by atoms with E-state index >= 15 is 0 Å². The highest BCUT2D eigenvalue weighted by Crippen LogP contribution is 2.41. The summed E-state index contributed by atoms with van der Waals surface area (Å²) in [5, 5.41) is 0. The zero-order valence-electron chi connectivity index (χ0n) is 4.35. The summed E-state index contributed by atoms with van der Waals surface area (Å²) in [6, 6.07) is 0. The smallest absolute Gasteiger partial charge is 0.0214 e. The van der Waals surface area contributed by atoms with E-state index in [1.54, 1.807) is 0 Å². The third-order valence-corrected chi connectivity index (χ3v) is 3.37. The molecule has 0 bridgehead atoms. The molecule has 0 radical (unpaired) electrons. The Bertz CT molecular complexity index is 84.8. The number of hydrogen-bond donors (Lipinski definition) is 0. The largest absolute Gasteiger partial charge is 0.115 e. The summed E-state index contributed by atoms with van der Waals surface area (Å²) < 4.78 is 0. The van der Waals surface area contributed by atoms with E-state index < -0.39 is 0 Å². The lowest BCUT2D eigenvalue weighted by molar-refractivity contribution is 0.949. The van der Waals surface area contributed by atoms with E-state index in [0.29, 0.717) is 0 Å². The van der Waals surface area contributed by atoms with Crippen LogP contribution < -0.4 is 0 Å². The van der Waals surface area contributed by atoms with E-state index in [-0.39, 0.29) is 7.92 Å². The third-order valence-electron chi connectivity index (χ3n) is 1.29. The summed E-state index contributed by atoms with van der Waals surface area (Å²) in [6.07, 6.45) is 10.7. The van der Waals surface area contributed by atoms with Crippen LogP contribution in [0.15, 0.2) is 0 Å². The standard InChI is InChI=1S/C6H9P/c1-2-7-5-3-4-6-7/h1H,3-6H2. The molecule has 0 aromatic rings. The second kappa shape index (κ2) is 2.34. The Morgan fingerprint density at radius 3 is 2.14 bits per heavy atom. The molecule has 7 heavy (non-hydrogen) atoms. The van der Waals surface area contributed by atoms with E-state index in [2.05, 4.69) is 5.66 Å². The molecule has 1 heteroatoms.